The Morgan fingerprint density at radius 3 is 2.86 bits per heavy atom. The van der Waals surface area contributed by atoms with Gasteiger partial charge in [-0.2, -0.15) is 5.10 Å². The molecule has 7 nitrogen and oxygen atoms in total. The highest BCUT2D eigenvalue weighted by atomic mass is 16.6. The van der Waals surface area contributed by atoms with Gasteiger partial charge in [0, 0.05) is 12.6 Å². The Balaban J connectivity index is 1.71. The number of rotatable bonds is 5. The number of nitrogens with zero attached hydrogens (tertiary/aromatic N) is 3. The van der Waals surface area contributed by atoms with Crippen LogP contribution in [0.1, 0.15) is 50.0 Å². The van der Waals surface area contributed by atoms with Crippen LogP contribution in [-0.4, -0.2) is 26.7 Å². The van der Waals surface area contributed by atoms with Crippen molar-refractivity contribution in [3.8, 4) is 0 Å². The molecule has 2 fully saturated rings. The number of aryl methyl sites for hydroxylation is 1. The molecule has 1 N–H and O–H groups in total. The maximum Gasteiger partial charge on any atom is 0.320 e. The molecule has 2 aliphatic carbocycles. The lowest BCUT2D eigenvalue weighted by Crippen LogP contribution is -2.40. The van der Waals surface area contributed by atoms with Gasteiger partial charge < -0.3 is 5.32 Å². The van der Waals surface area contributed by atoms with E-state index >= 15 is 0 Å². The fourth-order valence-corrected chi connectivity index (χ4v) is 4.16. The Kier molecular flexibility index (Phi) is 3.88. The molecule has 2 saturated carbocycles. The summed E-state index contributed by atoms with van der Waals surface area (Å²) in [5, 5.41) is 18.1. The molecule has 0 aromatic carbocycles. The first-order chi connectivity index (χ1) is 10.5. The zero-order chi connectivity index (χ0) is 15.9. The normalized spacial score (nSPS) is 27.8. The van der Waals surface area contributed by atoms with E-state index in [1.807, 2.05) is 13.8 Å². The van der Waals surface area contributed by atoms with Gasteiger partial charge in [-0.15, -0.1) is 0 Å². The topological polar surface area (TPSA) is 90.1 Å². The van der Waals surface area contributed by atoms with Crippen LogP contribution < -0.4 is 5.32 Å². The minimum absolute atomic E-state index is 0.0363. The summed E-state index contributed by atoms with van der Waals surface area (Å²) < 4.78 is 1.43. The maximum absolute atomic E-state index is 12.4. The van der Waals surface area contributed by atoms with Crippen molar-refractivity contribution in [2.45, 2.75) is 52.1 Å². The summed E-state index contributed by atoms with van der Waals surface area (Å²) >= 11 is 0. The van der Waals surface area contributed by atoms with Gasteiger partial charge in [-0.3, -0.25) is 19.6 Å². The Morgan fingerprint density at radius 1 is 1.55 bits per heavy atom. The maximum atomic E-state index is 12.4. The highest BCUT2D eigenvalue weighted by Crippen LogP contribution is 2.49. The molecule has 2 bridgehead atoms. The van der Waals surface area contributed by atoms with E-state index in [1.165, 1.54) is 30.1 Å². The van der Waals surface area contributed by atoms with Crippen molar-refractivity contribution in [3.05, 3.63) is 22.0 Å². The number of amides is 1. The van der Waals surface area contributed by atoms with Crippen molar-refractivity contribution in [2.75, 3.05) is 0 Å². The van der Waals surface area contributed by atoms with E-state index in [4.69, 9.17) is 0 Å². The highest BCUT2D eigenvalue weighted by molar-refractivity contribution is 5.96. The zero-order valence-electron chi connectivity index (χ0n) is 13.0. The van der Waals surface area contributed by atoms with Crippen molar-refractivity contribution >= 4 is 11.6 Å². The molecule has 22 heavy (non-hydrogen) atoms. The lowest BCUT2D eigenvalue weighted by molar-refractivity contribution is -0.385. The predicted octanol–water partition coefficient (Wildman–Crippen LogP) is 2.37. The van der Waals surface area contributed by atoms with Crippen LogP contribution in [0.5, 0.6) is 0 Å². The molecule has 4 atom stereocenters. The molecular formula is C15H22N4O3. The second-order valence-electron chi connectivity index (χ2n) is 6.58. The molecule has 0 spiro atoms. The van der Waals surface area contributed by atoms with E-state index < -0.39 is 10.8 Å². The summed E-state index contributed by atoms with van der Waals surface area (Å²) in [5.41, 5.74) is -0.304. The first-order valence-electron chi connectivity index (χ1n) is 8.02. The first kappa shape index (κ1) is 15.0. The number of carbonyl (C=O) groups excluding carboxylic acids is 1. The Labute approximate surface area is 129 Å². The molecule has 0 radical (unpaired) electrons. The summed E-state index contributed by atoms with van der Waals surface area (Å²) in [6.45, 7) is 4.33. The number of carbonyl (C=O) groups is 1. The summed E-state index contributed by atoms with van der Waals surface area (Å²) in [7, 11) is 0. The molecule has 0 unspecified atom stereocenters. The molecule has 120 valence electrons. The smallest absolute Gasteiger partial charge is 0.320 e. The lowest BCUT2D eigenvalue weighted by Gasteiger charge is -2.28. The number of hydrogen-bond donors (Lipinski definition) is 1. The van der Waals surface area contributed by atoms with Crippen molar-refractivity contribution in [3.63, 3.8) is 0 Å². The second-order valence-corrected chi connectivity index (χ2v) is 6.58. The third-order valence-corrected chi connectivity index (χ3v) is 5.27. The molecule has 0 aliphatic heterocycles. The molecule has 1 heterocycles. The fraction of sp³-hybridized carbons (Fsp3) is 0.733. The summed E-state index contributed by atoms with van der Waals surface area (Å²) in [6.07, 6.45) is 6.32. The van der Waals surface area contributed by atoms with Crippen molar-refractivity contribution in [2.24, 2.45) is 17.8 Å². The summed E-state index contributed by atoms with van der Waals surface area (Å²) in [6, 6.07) is 0.0363. The van der Waals surface area contributed by atoms with Crippen LogP contribution in [0.4, 0.5) is 5.69 Å². The van der Waals surface area contributed by atoms with Crippen LogP contribution in [0.3, 0.4) is 0 Å². The molecule has 1 aromatic heterocycles. The van der Waals surface area contributed by atoms with Gasteiger partial charge >= 0.3 is 5.69 Å². The molecule has 1 aromatic rings. The molecule has 7 heteroatoms. The summed E-state index contributed by atoms with van der Waals surface area (Å²) in [4.78, 5) is 22.9. The quantitative estimate of drug-likeness (QED) is 0.668. The van der Waals surface area contributed by atoms with Gasteiger partial charge in [0.25, 0.3) is 5.91 Å². The third kappa shape index (κ3) is 2.60. The van der Waals surface area contributed by atoms with E-state index in [1.54, 1.807) is 0 Å². The number of nitrogens with one attached hydrogen (secondary N) is 1. The van der Waals surface area contributed by atoms with Gasteiger partial charge in [0.15, 0.2) is 0 Å². The van der Waals surface area contributed by atoms with Gasteiger partial charge in [-0.25, -0.2) is 0 Å². The van der Waals surface area contributed by atoms with Gasteiger partial charge in [0.05, 0.1) is 4.92 Å². The summed E-state index contributed by atoms with van der Waals surface area (Å²) in [5.74, 6) is 1.57. The molecule has 0 saturated heterocycles. The van der Waals surface area contributed by atoms with Gasteiger partial charge in [-0.1, -0.05) is 6.42 Å². The number of hydrogen-bond acceptors (Lipinski definition) is 4. The second kappa shape index (κ2) is 5.70. The highest BCUT2D eigenvalue weighted by Gasteiger charge is 2.42. The van der Waals surface area contributed by atoms with Crippen LogP contribution in [0.25, 0.3) is 0 Å². The van der Waals surface area contributed by atoms with E-state index in [2.05, 4.69) is 10.4 Å². The molecule has 1 amide bonds. The largest absolute Gasteiger partial charge is 0.348 e. The standard InChI is InChI=1S/C15H22N4O3/c1-3-18-8-13(19(21)22)14(17-18)15(20)16-9(2)12-7-10-4-5-11(12)6-10/h8-12H,3-7H2,1-2H3,(H,16,20)/t9-,10-,11-,12+/m1/s1. The Hall–Kier alpha value is -1.92. The van der Waals surface area contributed by atoms with E-state index in [0.717, 1.165) is 12.3 Å². The van der Waals surface area contributed by atoms with Crippen LogP contribution in [0.15, 0.2) is 6.20 Å². The SMILES string of the molecule is CCn1cc([N+](=O)[O-])c(C(=O)N[C@H](C)[C@@H]2C[C@@H]3CC[C@@H]2C3)n1. The minimum Gasteiger partial charge on any atom is -0.348 e. The van der Waals surface area contributed by atoms with Gasteiger partial charge in [0.2, 0.25) is 5.69 Å². The lowest BCUT2D eigenvalue weighted by atomic mass is 9.84. The Bertz CT molecular complexity index is 598. The molecular weight excluding hydrogens is 284 g/mol. The molecule has 2 aliphatic rings. The number of aromatic nitrogens is 2. The van der Waals surface area contributed by atoms with Crippen LogP contribution in [0, 0.1) is 27.9 Å². The van der Waals surface area contributed by atoms with E-state index in [0.29, 0.717) is 18.4 Å². The van der Waals surface area contributed by atoms with E-state index in [-0.39, 0.29) is 17.4 Å². The minimum atomic E-state index is -0.545. The van der Waals surface area contributed by atoms with Crippen LogP contribution in [0.2, 0.25) is 0 Å². The van der Waals surface area contributed by atoms with Crippen molar-refractivity contribution < 1.29 is 9.72 Å². The number of nitro groups is 1. The van der Waals surface area contributed by atoms with Crippen LogP contribution in [-0.2, 0) is 6.54 Å². The number of fused-ring (bicyclic) bond motifs is 2. The van der Waals surface area contributed by atoms with Crippen molar-refractivity contribution in [1.29, 1.82) is 0 Å². The van der Waals surface area contributed by atoms with E-state index in [9.17, 15) is 14.9 Å². The first-order valence-corrected chi connectivity index (χ1v) is 8.02. The Morgan fingerprint density at radius 2 is 2.32 bits per heavy atom. The van der Waals surface area contributed by atoms with Gasteiger partial charge in [-0.05, 0) is 50.9 Å². The van der Waals surface area contributed by atoms with Crippen molar-refractivity contribution in [1.82, 2.24) is 15.1 Å². The van der Waals surface area contributed by atoms with Crippen LogP contribution >= 0.6 is 0 Å². The molecule has 3 rings (SSSR count). The van der Waals surface area contributed by atoms with Gasteiger partial charge in [0.1, 0.15) is 6.20 Å². The average molecular weight is 306 g/mol. The zero-order valence-corrected chi connectivity index (χ0v) is 13.0. The average Bonchev–Trinajstić information content (AvgIpc) is 3.20. The predicted molar refractivity (Wildman–Crippen MR) is 80.4 cm³/mol. The fourth-order valence-electron chi connectivity index (χ4n) is 4.16. The monoisotopic (exact) mass is 306 g/mol. The third-order valence-electron chi connectivity index (χ3n) is 5.27.